The van der Waals surface area contributed by atoms with Crippen molar-refractivity contribution < 1.29 is 28.5 Å². The van der Waals surface area contributed by atoms with E-state index in [1.807, 2.05) is 0 Å². The molecule has 0 atom stereocenters. The van der Waals surface area contributed by atoms with Gasteiger partial charge in [-0.25, -0.2) is 9.59 Å². The summed E-state index contributed by atoms with van der Waals surface area (Å²) in [5.41, 5.74) is 0.614. The summed E-state index contributed by atoms with van der Waals surface area (Å²) in [6, 6.07) is 11.0. The van der Waals surface area contributed by atoms with Gasteiger partial charge in [0.15, 0.2) is 11.5 Å². The molecule has 0 aliphatic carbocycles. The molecule has 6 heteroatoms. The standard InChI is InChI=1S/C18H18O6/c1-4-23-17(19)12-6-5-7-14(10-12)24-18(20)13-8-9-15(21-2)16(11-13)22-3/h5-11H,4H2,1-3H3. The van der Waals surface area contributed by atoms with Crippen LogP contribution in [0.2, 0.25) is 0 Å². The van der Waals surface area contributed by atoms with Gasteiger partial charge in [-0.2, -0.15) is 0 Å². The number of methoxy groups -OCH3 is 2. The number of carbonyl (C=O) groups is 2. The molecule has 2 aromatic carbocycles. The van der Waals surface area contributed by atoms with E-state index < -0.39 is 11.9 Å². The van der Waals surface area contributed by atoms with Gasteiger partial charge in [-0.1, -0.05) is 6.07 Å². The third-order valence-electron chi connectivity index (χ3n) is 3.17. The molecule has 2 aromatic rings. The smallest absolute Gasteiger partial charge is 0.343 e. The molecule has 0 aliphatic heterocycles. The highest BCUT2D eigenvalue weighted by Crippen LogP contribution is 2.28. The van der Waals surface area contributed by atoms with Crippen LogP contribution in [-0.2, 0) is 4.74 Å². The fraction of sp³-hybridized carbons (Fsp3) is 0.222. The van der Waals surface area contributed by atoms with Crippen molar-refractivity contribution in [1.29, 1.82) is 0 Å². The topological polar surface area (TPSA) is 71.1 Å². The van der Waals surface area contributed by atoms with Gasteiger partial charge >= 0.3 is 11.9 Å². The van der Waals surface area contributed by atoms with Gasteiger partial charge < -0.3 is 18.9 Å². The number of hydrogen-bond donors (Lipinski definition) is 0. The molecule has 0 N–H and O–H groups in total. The minimum absolute atomic E-state index is 0.250. The first kappa shape index (κ1) is 17.3. The van der Waals surface area contributed by atoms with Crippen LogP contribution in [0.25, 0.3) is 0 Å². The first-order chi connectivity index (χ1) is 11.6. The lowest BCUT2D eigenvalue weighted by atomic mass is 10.2. The van der Waals surface area contributed by atoms with Crippen LogP contribution in [0.15, 0.2) is 42.5 Å². The van der Waals surface area contributed by atoms with Crippen LogP contribution in [0.3, 0.4) is 0 Å². The van der Waals surface area contributed by atoms with Crippen LogP contribution in [0.1, 0.15) is 27.6 Å². The van der Waals surface area contributed by atoms with Crippen molar-refractivity contribution in [2.75, 3.05) is 20.8 Å². The summed E-state index contributed by atoms with van der Waals surface area (Å²) in [6.45, 7) is 1.99. The minimum Gasteiger partial charge on any atom is -0.493 e. The van der Waals surface area contributed by atoms with Crippen LogP contribution in [-0.4, -0.2) is 32.8 Å². The molecular formula is C18H18O6. The molecule has 126 valence electrons. The normalized spacial score (nSPS) is 9.96. The second-order valence-corrected chi connectivity index (χ2v) is 4.71. The van der Waals surface area contributed by atoms with Crippen LogP contribution < -0.4 is 14.2 Å². The van der Waals surface area contributed by atoms with E-state index in [9.17, 15) is 9.59 Å². The Balaban J connectivity index is 2.18. The maximum absolute atomic E-state index is 12.3. The Kier molecular flexibility index (Phi) is 5.78. The predicted molar refractivity (Wildman–Crippen MR) is 86.9 cm³/mol. The molecule has 6 nitrogen and oxygen atoms in total. The highest BCUT2D eigenvalue weighted by atomic mass is 16.5. The highest BCUT2D eigenvalue weighted by Gasteiger charge is 2.14. The van der Waals surface area contributed by atoms with Crippen LogP contribution in [0.4, 0.5) is 0 Å². The summed E-state index contributed by atoms with van der Waals surface area (Å²) in [5, 5.41) is 0. The quantitative estimate of drug-likeness (QED) is 0.599. The molecule has 0 aromatic heterocycles. The molecule has 0 unspecified atom stereocenters. The van der Waals surface area contributed by atoms with Gasteiger partial charge in [0.2, 0.25) is 0 Å². The summed E-state index contributed by atoms with van der Waals surface area (Å²) in [7, 11) is 2.99. The molecule has 0 radical (unpaired) electrons. The third-order valence-corrected chi connectivity index (χ3v) is 3.17. The minimum atomic E-state index is -0.572. The fourth-order valence-corrected chi connectivity index (χ4v) is 2.03. The van der Waals surface area contributed by atoms with Crippen molar-refractivity contribution in [2.45, 2.75) is 6.92 Å². The van der Waals surface area contributed by atoms with E-state index in [1.54, 1.807) is 37.3 Å². The largest absolute Gasteiger partial charge is 0.493 e. The van der Waals surface area contributed by atoms with E-state index in [4.69, 9.17) is 18.9 Å². The zero-order chi connectivity index (χ0) is 17.5. The SMILES string of the molecule is CCOC(=O)c1cccc(OC(=O)c2ccc(OC)c(OC)c2)c1. The number of hydrogen-bond acceptors (Lipinski definition) is 6. The van der Waals surface area contributed by atoms with Crippen LogP contribution in [0.5, 0.6) is 17.2 Å². The fourth-order valence-electron chi connectivity index (χ4n) is 2.03. The summed E-state index contributed by atoms with van der Waals surface area (Å²) < 4.78 is 20.5. The molecule has 0 aliphatic rings. The van der Waals surface area contributed by atoms with Gasteiger partial charge in [0.05, 0.1) is 32.0 Å². The Hall–Kier alpha value is -3.02. The lowest BCUT2D eigenvalue weighted by Crippen LogP contribution is -2.10. The van der Waals surface area contributed by atoms with Gasteiger partial charge in [-0.05, 0) is 43.3 Å². The Morgan fingerprint density at radius 2 is 1.58 bits per heavy atom. The number of esters is 2. The first-order valence-corrected chi connectivity index (χ1v) is 7.30. The average molecular weight is 330 g/mol. The summed E-state index contributed by atoms with van der Waals surface area (Å²) >= 11 is 0. The van der Waals surface area contributed by atoms with E-state index in [0.717, 1.165) is 0 Å². The molecule has 0 fully saturated rings. The van der Waals surface area contributed by atoms with Crippen molar-refractivity contribution in [3.05, 3.63) is 53.6 Å². The Morgan fingerprint density at radius 1 is 0.875 bits per heavy atom. The predicted octanol–water partition coefficient (Wildman–Crippen LogP) is 3.10. The Bertz CT molecular complexity index is 738. The van der Waals surface area contributed by atoms with Crippen LogP contribution >= 0.6 is 0 Å². The second kappa shape index (κ2) is 8.01. The summed E-state index contributed by atoms with van der Waals surface area (Å²) in [6.07, 6.45) is 0. The molecule has 0 saturated carbocycles. The maximum atomic E-state index is 12.3. The summed E-state index contributed by atoms with van der Waals surface area (Å²) in [4.78, 5) is 24.0. The molecule has 0 heterocycles. The Labute approximate surface area is 139 Å². The molecule has 0 saturated heterocycles. The monoisotopic (exact) mass is 330 g/mol. The first-order valence-electron chi connectivity index (χ1n) is 7.30. The maximum Gasteiger partial charge on any atom is 0.343 e. The zero-order valence-electron chi connectivity index (χ0n) is 13.7. The van der Waals surface area contributed by atoms with Gasteiger partial charge in [-0.15, -0.1) is 0 Å². The van der Waals surface area contributed by atoms with E-state index in [1.165, 1.54) is 26.4 Å². The molecule has 0 spiro atoms. The van der Waals surface area contributed by atoms with Crippen molar-refractivity contribution in [2.24, 2.45) is 0 Å². The zero-order valence-corrected chi connectivity index (χ0v) is 13.7. The second-order valence-electron chi connectivity index (χ2n) is 4.71. The number of carbonyl (C=O) groups excluding carboxylic acids is 2. The van der Waals surface area contributed by atoms with Gasteiger partial charge in [0.1, 0.15) is 5.75 Å². The van der Waals surface area contributed by atoms with Gasteiger partial charge in [0, 0.05) is 0 Å². The van der Waals surface area contributed by atoms with Crippen molar-refractivity contribution >= 4 is 11.9 Å². The van der Waals surface area contributed by atoms with Gasteiger partial charge in [0.25, 0.3) is 0 Å². The molecular weight excluding hydrogens is 312 g/mol. The van der Waals surface area contributed by atoms with Gasteiger partial charge in [-0.3, -0.25) is 0 Å². The highest BCUT2D eigenvalue weighted by molar-refractivity contribution is 5.93. The van der Waals surface area contributed by atoms with E-state index in [-0.39, 0.29) is 12.4 Å². The van der Waals surface area contributed by atoms with Crippen molar-refractivity contribution in [3.8, 4) is 17.2 Å². The van der Waals surface area contributed by atoms with Crippen molar-refractivity contribution in [3.63, 3.8) is 0 Å². The molecule has 24 heavy (non-hydrogen) atoms. The van der Waals surface area contributed by atoms with E-state index in [0.29, 0.717) is 22.6 Å². The van der Waals surface area contributed by atoms with Crippen molar-refractivity contribution in [1.82, 2.24) is 0 Å². The number of benzene rings is 2. The Morgan fingerprint density at radius 3 is 2.25 bits per heavy atom. The lowest BCUT2D eigenvalue weighted by Gasteiger charge is -2.10. The molecule has 0 bridgehead atoms. The number of rotatable bonds is 6. The third kappa shape index (κ3) is 4.04. The summed E-state index contributed by atoms with van der Waals surface area (Å²) in [5.74, 6) is 0.143. The van der Waals surface area contributed by atoms with E-state index >= 15 is 0 Å². The molecule has 0 amide bonds. The lowest BCUT2D eigenvalue weighted by molar-refractivity contribution is 0.0524. The molecule has 2 rings (SSSR count). The number of ether oxygens (including phenoxy) is 4. The van der Waals surface area contributed by atoms with Crippen LogP contribution in [0, 0.1) is 0 Å². The average Bonchev–Trinajstić information content (AvgIpc) is 2.61. The van der Waals surface area contributed by atoms with E-state index in [2.05, 4.69) is 0 Å².